The lowest BCUT2D eigenvalue weighted by Gasteiger charge is -1.85. The molecule has 0 atom stereocenters. The minimum Gasteiger partial charge on any atom is -0.269 e. The lowest BCUT2D eigenvalue weighted by atomic mass is 10.4. The molecule has 2 aromatic heterocycles. The van der Waals surface area contributed by atoms with Crippen molar-refractivity contribution in [2.24, 2.45) is 0 Å². The Balaban J connectivity index is 2.86. The first-order valence-corrected chi connectivity index (χ1v) is 4.26. The molecule has 0 spiro atoms. The molecule has 2 rings (SSSR count). The maximum absolute atomic E-state index is 5.60. The smallest absolute Gasteiger partial charge is 0.153 e. The third-order valence-electron chi connectivity index (χ3n) is 1.23. The van der Waals surface area contributed by atoms with Crippen molar-refractivity contribution in [2.75, 3.05) is 0 Å². The maximum atomic E-state index is 5.60. The molecule has 0 amide bonds. The third kappa shape index (κ3) is 1.18. The van der Waals surface area contributed by atoms with Gasteiger partial charge in [0.25, 0.3) is 0 Å². The molecule has 0 aliphatic carbocycles. The van der Waals surface area contributed by atoms with Crippen LogP contribution in [0.15, 0.2) is 6.07 Å². The Hall–Kier alpha value is -0.430. The fraction of sp³-hybridized carbons (Fsp3) is 0. The van der Waals surface area contributed by atoms with Gasteiger partial charge in [0.15, 0.2) is 5.15 Å². The molecule has 0 unspecified atom stereocenters. The van der Waals surface area contributed by atoms with E-state index < -0.39 is 0 Å². The standard InChI is InChI=1S/C5H2ClIN4/c6-3-1-2-4(10-9-3)5(7)11-8-2/h1H,(H,8,11). The monoisotopic (exact) mass is 280 g/mol. The zero-order valence-electron chi connectivity index (χ0n) is 5.17. The molecular weight excluding hydrogens is 278 g/mol. The highest BCUT2D eigenvalue weighted by atomic mass is 127. The fourth-order valence-corrected chi connectivity index (χ4v) is 1.41. The maximum Gasteiger partial charge on any atom is 0.153 e. The van der Waals surface area contributed by atoms with E-state index in [0.29, 0.717) is 5.15 Å². The number of hydrogen-bond acceptors (Lipinski definition) is 3. The molecule has 1 N–H and O–H groups in total. The number of aromatic amines is 1. The van der Waals surface area contributed by atoms with Crippen LogP contribution >= 0.6 is 34.2 Å². The number of nitrogens with one attached hydrogen (secondary N) is 1. The number of fused-ring (bicyclic) bond motifs is 1. The highest BCUT2D eigenvalue weighted by Crippen LogP contribution is 2.15. The molecule has 2 aromatic rings. The predicted molar refractivity (Wildman–Crippen MR) is 49.4 cm³/mol. The van der Waals surface area contributed by atoms with E-state index in [2.05, 4.69) is 43.0 Å². The molecule has 0 bridgehead atoms. The molecule has 11 heavy (non-hydrogen) atoms. The first-order valence-electron chi connectivity index (χ1n) is 2.80. The second-order valence-corrected chi connectivity index (χ2v) is 3.40. The summed E-state index contributed by atoms with van der Waals surface area (Å²) in [6, 6.07) is 1.67. The van der Waals surface area contributed by atoms with Crippen LogP contribution in [0.1, 0.15) is 0 Å². The molecule has 2 heterocycles. The number of nitrogens with zero attached hydrogens (tertiary/aromatic N) is 3. The molecular formula is C5H2ClIN4. The van der Waals surface area contributed by atoms with E-state index in [1.165, 1.54) is 0 Å². The second-order valence-electron chi connectivity index (χ2n) is 1.94. The van der Waals surface area contributed by atoms with Crippen LogP contribution in [0, 0.1) is 3.70 Å². The number of aromatic nitrogens is 4. The van der Waals surface area contributed by atoms with E-state index >= 15 is 0 Å². The Kier molecular flexibility index (Phi) is 1.68. The van der Waals surface area contributed by atoms with Crippen LogP contribution in [-0.4, -0.2) is 20.4 Å². The van der Waals surface area contributed by atoms with Crippen LogP contribution in [0.25, 0.3) is 11.0 Å². The Labute approximate surface area is 80.5 Å². The van der Waals surface area contributed by atoms with E-state index in [1.54, 1.807) is 6.07 Å². The van der Waals surface area contributed by atoms with E-state index in [4.69, 9.17) is 11.6 Å². The topological polar surface area (TPSA) is 54.5 Å². The van der Waals surface area contributed by atoms with Crippen molar-refractivity contribution in [1.82, 2.24) is 20.4 Å². The summed E-state index contributed by atoms with van der Waals surface area (Å²) >= 11 is 7.70. The molecule has 0 saturated carbocycles. The highest BCUT2D eigenvalue weighted by molar-refractivity contribution is 14.1. The molecule has 0 radical (unpaired) electrons. The third-order valence-corrected chi connectivity index (χ3v) is 2.16. The van der Waals surface area contributed by atoms with Crippen LogP contribution in [0.2, 0.25) is 5.15 Å². The van der Waals surface area contributed by atoms with Gasteiger partial charge < -0.3 is 0 Å². The number of rotatable bonds is 0. The van der Waals surface area contributed by atoms with Crippen LogP contribution in [0.4, 0.5) is 0 Å². The molecule has 0 aliphatic rings. The number of H-pyrrole nitrogens is 1. The summed E-state index contributed by atoms with van der Waals surface area (Å²) in [7, 11) is 0. The van der Waals surface area contributed by atoms with Gasteiger partial charge >= 0.3 is 0 Å². The predicted octanol–water partition coefficient (Wildman–Crippen LogP) is 1.61. The van der Waals surface area contributed by atoms with Crippen molar-refractivity contribution in [3.05, 3.63) is 14.9 Å². The van der Waals surface area contributed by atoms with Crippen LogP contribution in [0.5, 0.6) is 0 Å². The van der Waals surface area contributed by atoms with Gasteiger partial charge in [-0.15, -0.1) is 10.2 Å². The van der Waals surface area contributed by atoms with E-state index in [-0.39, 0.29) is 0 Å². The molecule has 0 aliphatic heterocycles. The second kappa shape index (κ2) is 2.56. The molecule has 56 valence electrons. The van der Waals surface area contributed by atoms with Crippen molar-refractivity contribution >= 4 is 45.2 Å². The molecule has 0 aromatic carbocycles. The van der Waals surface area contributed by atoms with Crippen molar-refractivity contribution < 1.29 is 0 Å². The van der Waals surface area contributed by atoms with Gasteiger partial charge in [0, 0.05) is 6.07 Å². The van der Waals surface area contributed by atoms with Gasteiger partial charge in [-0.2, -0.15) is 5.10 Å². The summed E-state index contributed by atoms with van der Waals surface area (Å²) in [4.78, 5) is 0. The Morgan fingerprint density at radius 2 is 2.27 bits per heavy atom. The molecule has 0 saturated heterocycles. The van der Waals surface area contributed by atoms with Gasteiger partial charge in [-0.3, -0.25) is 5.10 Å². The van der Waals surface area contributed by atoms with Crippen LogP contribution < -0.4 is 0 Å². The number of halogens is 2. The van der Waals surface area contributed by atoms with Gasteiger partial charge in [0.1, 0.15) is 14.7 Å². The van der Waals surface area contributed by atoms with Crippen molar-refractivity contribution in [3.8, 4) is 0 Å². The van der Waals surface area contributed by atoms with Gasteiger partial charge in [-0.1, -0.05) is 11.6 Å². The summed E-state index contributed by atoms with van der Waals surface area (Å²) in [5, 5.41) is 14.6. The lowest BCUT2D eigenvalue weighted by molar-refractivity contribution is 1.07. The largest absolute Gasteiger partial charge is 0.269 e. The van der Waals surface area contributed by atoms with Crippen molar-refractivity contribution in [2.45, 2.75) is 0 Å². The Bertz CT molecular complexity index is 398. The normalized spacial score (nSPS) is 10.7. The molecule has 6 heteroatoms. The van der Waals surface area contributed by atoms with Crippen LogP contribution in [-0.2, 0) is 0 Å². The Morgan fingerprint density at radius 3 is 3.09 bits per heavy atom. The quantitative estimate of drug-likeness (QED) is 0.746. The van der Waals surface area contributed by atoms with Crippen molar-refractivity contribution in [3.63, 3.8) is 0 Å². The van der Waals surface area contributed by atoms with E-state index in [1.807, 2.05) is 0 Å². The van der Waals surface area contributed by atoms with E-state index in [9.17, 15) is 0 Å². The summed E-state index contributed by atoms with van der Waals surface area (Å²) in [6.07, 6.45) is 0. The van der Waals surface area contributed by atoms with Gasteiger partial charge in [-0.05, 0) is 22.6 Å². The van der Waals surface area contributed by atoms with E-state index in [0.717, 1.165) is 14.7 Å². The van der Waals surface area contributed by atoms with Gasteiger partial charge in [0.05, 0.1) is 0 Å². The average Bonchev–Trinajstić information content (AvgIpc) is 2.32. The first-order chi connectivity index (χ1) is 5.27. The highest BCUT2D eigenvalue weighted by Gasteiger charge is 2.04. The Morgan fingerprint density at radius 1 is 1.45 bits per heavy atom. The first kappa shape index (κ1) is 7.23. The summed E-state index contributed by atoms with van der Waals surface area (Å²) in [6.45, 7) is 0. The fourth-order valence-electron chi connectivity index (χ4n) is 0.763. The minimum absolute atomic E-state index is 0.361. The molecule has 4 nitrogen and oxygen atoms in total. The zero-order chi connectivity index (χ0) is 7.84. The lowest BCUT2D eigenvalue weighted by Crippen LogP contribution is -1.82. The zero-order valence-corrected chi connectivity index (χ0v) is 8.09. The van der Waals surface area contributed by atoms with Gasteiger partial charge in [0.2, 0.25) is 0 Å². The summed E-state index contributed by atoms with van der Waals surface area (Å²) < 4.78 is 0.877. The average molecular weight is 280 g/mol. The van der Waals surface area contributed by atoms with Crippen LogP contribution in [0.3, 0.4) is 0 Å². The number of hydrogen-bond donors (Lipinski definition) is 1. The van der Waals surface area contributed by atoms with Crippen molar-refractivity contribution in [1.29, 1.82) is 0 Å². The summed E-state index contributed by atoms with van der Waals surface area (Å²) in [5.74, 6) is 0. The summed E-state index contributed by atoms with van der Waals surface area (Å²) in [5.41, 5.74) is 1.50. The minimum atomic E-state index is 0.361. The van der Waals surface area contributed by atoms with Gasteiger partial charge in [-0.25, -0.2) is 0 Å². The molecule has 0 fully saturated rings. The SMILES string of the molecule is Clc1cc2n[nH]c(I)c2nn1.